The van der Waals surface area contributed by atoms with Gasteiger partial charge in [-0.25, -0.2) is 0 Å². The first kappa shape index (κ1) is 7.84. The largest absolute Gasteiger partial charge is 0.618 e. The van der Waals surface area contributed by atoms with Gasteiger partial charge in [0.1, 0.15) is 0 Å². The van der Waals surface area contributed by atoms with E-state index < -0.39 is 11.9 Å². The maximum atomic E-state index is 11.8. The normalized spacial score (nSPS) is 11.5. The number of hydrogen-bond donors (Lipinski definition) is 0. The average molecular weight is 162 g/mol. The fourth-order valence-corrected chi connectivity index (χ4v) is 0.593. The number of nitrogens with zero attached hydrogens (tertiary/aromatic N) is 1. The number of halogens is 3. The molecule has 1 aromatic rings. The predicted molar refractivity (Wildman–Crippen MR) is 29.2 cm³/mol. The Morgan fingerprint density at radius 1 is 1.45 bits per heavy atom. The quantitative estimate of drug-likeness (QED) is 0.415. The third kappa shape index (κ3) is 1.60. The van der Waals surface area contributed by atoms with Gasteiger partial charge in [0.15, 0.2) is 6.20 Å². The van der Waals surface area contributed by atoms with E-state index in [0.717, 1.165) is 12.3 Å². The van der Waals surface area contributed by atoms with E-state index in [0.29, 0.717) is 0 Å². The van der Waals surface area contributed by atoms with Crippen LogP contribution >= 0.6 is 0 Å². The molecule has 0 amide bonds. The Hall–Kier alpha value is -1.26. The summed E-state index contributed by atoms with van der Waals surface area (Å²) < 4.78 is 35.1. The molecule has 0 fully saturated rings. The molecule has 0 aliphatic carbocycles. The molecule has 1 radical (unpaired) electrons. The van der Waals surface area contributed by atoms with E-state index in [9.17, 15) is 18.4 Å². The Balaban J connectivity index is 3.14. The average Bonchev–Trinajstić information content (AvgIpc) is 1.86. The molecule has 0 N–H and O–H groups in total. The van der Waals surface area contributed by atoms with E-state index in [4.69, 9.17) is 0 Å². The topological polar surface area (TPSA) is 26.9 Å². The lowest BCUT2D eigenvalue weighted by Gasteiger charge is -2.04. The summed E-state index contributed by atoms with van der Waals surface area (Å²) in [6, 6.07) is 4.02. The standard InChI is InChI=1S/C6H3F3NO/c7-6(8,9)5-3-1-2-4-10(5)11/h1-2,4H. The third-order valence-corrected chi connectivity index (χ3v) is 1.03. The van der Waals surface area contributed by atoms with Gasteiger partial charge in [-0.2, -0.15) is 17.9 Å². The molecule has 0 aliphatic heterocycles. The first-order valence-corrected chi connectivity index (χ1v) is 2.69. The first-order chi connectivity index (χ1) is 5.02. The molecule has 0 bridgehead atoms. The minimum absolute atomic E-state index is 0.264. The van der Waals surface area contributed by atoms with Crippen molar-refractivity contribution >= 4 is 0 Å². The zero-order valence-corrected chi connectivity index (χ0v) is 5.22. The minimum atomic E-state index is -4.62. The van der Waals surface area contributed by atoms with Gasteiger partial charge in [0, 0.05) is 6.07 Å². The summed E-state index contributed by atoms with van der Waals surface area (Å²) in [4.78, 5) is 0. The molecule has 0 unspecified atom stereocenters. The smallest absolute Gasteiger partial charge is 0.479 e. The fraction of sp³-hybridized carbons (Fsp3) is 0.167. The molecule has 2 nitrogen and oxygen atoms in total. The van der Waals surface area contributed by atoms with E-state index in [2.05, 4.69) is 0 Å². The highest BCUT2D eigenvalue weighted by Crippen LogP contribution is 2.25. The molecule has 1 heterocycles. The number of pyridine rings is 1. The summed E-state index contributed by atoms with van der Waals surface area (Å²) >= 11 is 0. The molecule has 11 heavy (non-hydrogen) atoms. The summed E-state index contributed by atoms with van der Waals surface area (Å²) in [5.41, 5.74) is -1.32. The first-order valence-electron chi connectivity index (χ1n) is 2.69. The number of alkyl halides is 3. The maximum absolute atomic E-state index is 11.8. The predicted octanol–water partition coefficient (Wildman–Crippen LogP) is 1.14. The van der Waals surface area contributed by atoms with E-state index in [1.807, 2.05) is 0 Å². The Labute approximate surface area is 60.5 Å². The Morgan fingerprint density at radius 3 is 2.45 bits per heavy atom. The molecular formula is C6H3F3NO. The molecule has 0 aliphatic rings. The second-order valence-electron chi connectivity index (χ2n) is 1.82. The van der Waals surface area contributed by atoms with Crippen molar-refractivity contribution in [2.24, 2.45) is 0 Å². The Bertz CT molecular complexity index is 258. The summed E-state index contributed by atoms with van der Waals surface area (Å²) in [6.07, 6.45) is -3.84. The number of aromatic nitrogens is 1. The second kappa shape index (κ2) is 2.41. The zero-order chi connectivity index (χ0) is 8.48. The molecule has 0 aromatic carbocycles. The number of rotatable bonds is 0. The van der Waals surface area contributed by atoms with Crippen molar-refractivity contribution in [3.05, 3.63) is 35.3 Å². The summed E-state index contributed by atoms with van der Waals surface area (Å²) in [6.45, 7) is 0. The monoisotopic (exact) mass is 162 g/mol. The van der Waals surface area contributed by atoms with Crippen molar-refractivity contribution in [3.63, 3.8) is 0 Å². The second-order valence-corrected chi connectivity index (χ2v) is 1.82. The minimum Gasteiger partial charge on any atom is -0.618 e. The van der Waals surface area contributed by atoms with E-state index in [-0.39, 0.29) is 4.73 Å². The van der Waals surface area contributed by atoms with Gasteiger partial charge in [-0.3, -0.25) is 0 Å². The highest BCUT2D eigenvalue weighted by Gasteiger charge is 2.39. The van der Waals surface area contributed by atoms with E-state index >= 15 is 0 Å². The SMILES string of the molecule is [O-][n+]1ccc[c]c1C(F)(F)F. The molecule has 1 rings (SSSR count). The van der Waals surface area contributed by atoms with E-state index in [1.165, 1.54) is 6.07 Å². The van der Waals surface area contributed by atoms with Crippen molar-refractivity contribution in [1.29, 1.82) is 0 Å². The van der Waals surface area contributed by atoms with Crippen LogP contribution in [-0.2, 0) is 6.18 Å². The van der Waals surface area contributed by atoms with Gasteiger partial charge < -0.3 is 5.21 Å². The molecule has 0 atom stereocenters. The molecule has 0 saturated heterocycles. The molecule has 59 valence electrons. The molecule has 0 spiro atoms. The van der Waals surface area contributed by atoms with Crippen LogP contribution in [0.2, 0.25) is 0 Å². The van der Waals surface area contributed by atoms with Crippen molar-refractivity contribution in [3.8, 4) is 0 Å². The van der Waals surface area contributed by atoms with Crippen LogP contribution in [0, 0.1) is 11.3 Å². The van der Waals surface area contributed by atoms with Gasteiger partial charge >= 0.3 is 11.9 Å². The van der Waals surface area contributed by atoms with Crippen LogP contribution in [0.5, 0.6) is 0 Å². The van der Waals surface area contributed by atoms with Crippen LogP contribution in [0.25, 0.3) is 0 Å². The third-order valence-electron chi connectivity index (χ3n) is 1.03. The zero-order valence-electron chi connectivity index (χ0n) is 5.22. The highest BCUT2D eigenvalue weighted by atomic mass is 19.4. The van der Waals surface area contributed by atoms with Crippen LogP contribution in [0.15, 0.2) is 18.3 Å². The molecule has 0 saturated carbocycles. The summed E-state index contributed by atoms with van der Waals surface area (Å²) in [7, 11) is 0. The maximum Gasteiger partial charge on any atom is 0.479 e. The molecule has 1 aromatic heterocycles. The van der Waals surface area contributed by atoms with Gasteiger partial charge in [-0.05, 0) is 6.07 Å². The van der Waals surface area contributed by atoms with Crippen molar-refractivity contribution in [2.75, 3.05) is 0 Å². The van der Waals surface area contributed by atoms with Crippen LogP contribution in [0.4, 0.5) is 13.2 Å². The highest BCUT2D eigenvalue weighted by molar-refractivity contribution is 4.98. The molecule has 5 heteroatoms. The lowest BCUT2D eigenvalue weighted by atomic mass is 10.3. The van der Waals surface area contributed by atoms with Gasteiger partial charge in [-0.1, -0.05) is 0 Å². The molecular weight excluding hydrogens is 159 g/mol. The van der Waals surface area contributed by atoms with Crippen molar-refractivity contribution in [1.82, 2.24) is 0 Å². The van der Waals surface area contributed by atoms with Crippen molar-refractivity contribution < 1.29 is 17.9 Å². The van der Waals surface area contributed by atoms with Gasteiger partial charge in [-0.15, -0.1) is 0 Å². The van der Waals surface area contributed by atoms with Crippen LogP contribution in [0.3, 0.4) is 0 Å². The lowest BCUT2D eigenvalue weighted by molar-refractivity contribution is -0.629. The van der Waals surface area contributed by atoms with Crippen LogP contribution in [0.1, 0.15) is 5.69 Å². The fourth-order valence-electron chi connectivity index (χ4n) is 0.593. The number of hydrogen-bond acceptors (Lipinski definition) is 1. The summed E-state index contributed by atoms with van der Waals surface area (Å²) in [5.74, 6) is 0. The van der Waals surface area contributed by atoms with Crippen molar-refractivity contribution in [2.45, 2.75) is 6.18 Å². The Kier molecular flexibility index (Phi) is 1.72. The van der Waals surface area contributed by atoms with Crippen LogP contribution in [-0.4, -0.2) is 0 Å². The lowest BCUT2D eigenvalue weighted by Crippen LogP contribution is -2.35. The van der Waals surface area contributed by atoms with Gasteiger partial charge in [0.05, 0.1) is 6.07 Å². The van der Waals surface area contributed by atoms with Gasteiger partial charge in [0.25, 0.3) is 0 Å². The van der Waals surface area contributed by atoms with E-state index in [1.54, 1.807) is 6.07 Å². The van der Waals surface area contributed by atoms with Gasteiger partial charge in [0.2, 0.25) is 0 Å². The van der Waals surface area contributed by atoms with Crippen LogP contribution < -0.4 is 4.73 Å². The Morgan fingerprint density at radius 2 is 2.09 bits per heavy atom. The summed E-state index contributed by atoms with van der Waals surface area (Å²) in [5, 5.41) is 10.4.